The maximum absolute atomic E-state index is 12.7. The molecule has 0 atom stereocenters. The molecule has 1 saturated heterocycles. The number of amides is 2. The van der Waals surface area contributed by atoms with Gasteiger partial charge in [0.05, 0.1) is 10.6 Å². The predicted octanol–water partition coefficient (Wildman–Crippen LogP) is 1.64. The van der Waals surface area contributed by atoms with Gasteiger partial charge in [-0.25, -0.2) is 0 Å². The molecule has 2 aromatic rings. The summed E-state index contributed by atoms with van der Waals surface area (Å²) >= 11 is 1.49. The lowest BCUT2D eigenvalue weighted by Crippen LogP contribution is -2.36. The smallest absolute Gasteiger partial charge is 0.264 e. The summed E-state index contributed by atoms with van der Waals surface area (Å²) in [7, 11) is 1.90. The van der Waals surface area contributed by atoms with Gasteiger partial charge >= 0.3 is 0 Å². The second-order valence-electron chi connectivity index (χ2n) is 5.69. The second-order valence-corrected chi connectivity index (χ2v) is 6.72. The van der Waals surface area contributed by atoms with Crippen molar-refractivity contribution in [1.29, 1.82) is 0 Å². The molecule has 1 fully saturated rings. The fourth-order valence-corrected chi connectivity index (χ4v) is 3.99. The van der Waals surface area contributed by atoms with Crippen molar-refractivity contribution < 1.29 is 9.59 Å². The van der Waals surface area contributed by atoms with E-state index < -0.39 is 0 Å². The molecule has 1 aliphatic heterocycles. The first kappa shape index (κ1) is 15.0. The predicted molar refractivity (Wildman–Crippen MR) is 86.1 cm³/mol. The lowest BCUT2D eigenvalue weighted by atomic mass is 10.3. The van der Waals surface area contributed by atoms with Crippen LogP contribution in [0.4, 0.5) is 0 Å². The van der Waals surface area contributed by atoms with Crippen molar-refractivity contribution in [2.24, 2.45) is 7.05 Å². The fraction of sp³-hybridized carbons (Fsp3) is 0.533. The summed E-state index contributed by atoms with van der Waals surface area (Å²) in [5.41, 5.74) is 0.950. The van der Waals surface area contributed by atoms with Crippen LogP contribution in [0.3, 0.4) is 0 Å². The highest BCUT2D eigenvalue weighted by molar-refractivity contribution is 7.20. The van der Waals surface area contributed by atoms with Crippen LogP contribution in [0.2, 0.25) is 0 Å². The maximum atomic E-state index is 12.7. The number of nitrogens with zero attached hydrogens (tertiary/aromatic N) is 4. The van der Waals surface area contributed by atoms with Gasteiger partial charge in [0.25, 0.3) is 5.91 Å². The molecular weight excluding hydrogens is 300 g/mol. The van der Waals surface area contributed by atoms with Gasteiger partial charge in [0.2, 0.25) is 5.91 Å². The highest BCUT2D eigenvalue weighted by Gasteiger charge is 2.23. The molecule has 3 heterocycles. The van der Waals surface area contributed by atoms with Gasteiger partial charge in [0, 0.05) is 45.5 Å². The highest BCUT2D eigenvalue weighted by Crippen LogP contribution is 2.28. The molecule has 118 valence electrons. The molecule has 22 heavy (non-hydrogen) atoms. The number of rotatable bonds is 1. The monoisotopic (exact) mass is 320 g/mol. The molecular formula is C15H20N4O2S. The quantitative estimate of drug-likeness (QED) is 0.802. The Morgan fingerprint density at radius 2 is 1.86 bits per heavy atom. The first-order valence-corrected chi connectivity index (χ1v) is 8.27. The zero-order valence-corrected chi connectivity index (χ0v) is 13.9. The van der Waals surface area contributed by atoms with E-state index in [1.165, 1.54) is 11.3 Å². The number of aryl methyl sites for hydroxylation is 2. The number of carbonyl (C=O) groups is 2. The summed E-state index contributed by atoms with van der Waals surface area (Å²) in [6.07, 6.45) is 0.830. The van der Waals surface area contributed by atoms with Crippen molar-refractivity contribution in [2.45, 2.75) is 20.3 Å². The van der Waals surface area contributed by atoms with E-state index in [-0.39, 0.29) is 11.8 Å². The van der Waals surface area contributed by atoms with Crippen molar-refractivity contribution in [3.05, 3.63) is 16.6 Å². The van der Waals surface area contributed by atoms with Crippen molar-refractivity contribution in [3.63, 3.8) is 0 Å². The van der Waals surface area contributed by atoms with Gasteiger partial charge in [-0.15, -0.1) is 11.3 Å². The number of aromatic nitrogens is 2. The van der Waals surface area contributed by atoms with Crippen molar-refractivity contribution in [3.8, 4) is 0 Å². The summed E-state index contributed by atoms with van der Waals surface area (Å²) in [5.74, 6) is 0.142. The van der Waals surface area contributed by atoms with E-state index in [1.807, 2.05) is 34.5 Å². The first-order chi connectivity index (χ1) is 10.5. The van der Waals surface area contributed by atoms with Crippen LogP contribution in [0, 0.1) is 6.92 Å². The van der Waals surface area contributed by atoms with Gasteiger partial charge in [-0.1, -0.05) is 0 Å². The normalized spacial score (nSPS) is 16.1. The van der Waals surface area contributed by atoms with Gasteiger partial charge in [0.15, 0.2) is 0 Å². The number of thiophene rings is 1. The minimum atomic E-state index is 0.0611. The largest absolute Gasteiger partial charge is 0.341 e. The number of fused-ring (bicyclic) bond motifs is 1. The fourth-order valence-electron chi connectivity index (χ4n) is 2.90. The zero-order valence-electron chi connectivity index (χ0n) is 13.1. The summed E-state index contributed by atoms with van der Waals surface area (Å²) in [6, 6.07) is 1.94. The van der Waals surface area contributed by atoms with Crippen LogP contribution in [0.25, 0.3) is 10.2 Å². The summed E-state index contributed by atoms with van der Waals surface area (Å²) in [5, 5.41) is 5.42. The second kappa shape index (κ2) is 5.72. The van der Waals surface area contributed by atoms with Crippen LogP contribution >= 0.6 is 11.3 Å². The molecule has 0 saturated carbocycles. The van der Waals surface area contributed by atoms with E-state index in [0.29, 0.717) is 19.6 Å². The Balaban J connectivity index is 1.80. The van der Waals surface area contributed by atoms with Crippen molar-refractivity contribution >= 4 is 33.4 Å². The molecule has 0 radical (unpaired) electrons. The molecule has 6 nitrogen and oxygen atoms in total. The van der Waals surface area contributed by atoms with Gasteiger partial charge in [0.1, 0.15) is 4.83 Å². The molecule has 3 rings (SSSR count). The van der Waals surface area contributed by atoms with Gasteiger partial charge in [-0.05, 0) is 19.4 Å². The average molecular weight is 320 g/mol. The summed E-state index contributed by atoms with van der Waals surface area (Å²) in [6.45, 7) is 6.19. The van der Waals surface area contributed by atoms with Crippen LogP contribution < -0.4 is 0 Å². The van der Waals surface area contributed by atoms with Crippen LogP contribution in [0.1, 0.15) is 28.7 Å². The van der Waals surface area contributed by atoms with E-state index in [0.717, 1.165) is 33.8 Å². The number of hydrogen-bond donors (Lipinski definition) is 0. The third-order valence-corrected chi connectivity index (χ3v) is 5.33. The van der Waals surface area contributed by atoms with Crippen LogP contribution in [0.5, 0.6) is 0 Å². The van der Waals surface area contributed by atoms with E-state index in [9.17, 15) is 9.59 Å². The van der Waals surface area contributed by atoms with Gasteiger partial charge < -0.3 is 9.80 Å². The summed E-state index contributed by atoms with van der Waals surface area (Å²) in [4.78, 5) is 29.6. The Bertz CT molecular complexity index is 699. The molecule has 0 unspecified atom stereocenters. The van der Waals surface area contributed by atoms with Crippen LogP contribution in [-0.2, 0) is 11.8 Å². The van der Waals surface area contributed by atoms with Crippen molar-refractivity contribution in [1.82, 2.24) is 19.6 Å². The molecule has 0 bridgehead atoms. The minimum absolute atomic E-state index is 0.0611. The molecule has 0 spiro atoms. The Hall–Kier alpha value is -1.89. The van der Waals surface area contributed by atoms with E-state index in [4.69, 9.17) is 0 Å². The maximum Gasteiger partial charge on any atom is 0.264 e. The molecule has 0 N–H and O–H groups in total. The Morgan fingerprint density at radius 3 is 2.55 bits per heavy atom. The standard InChI is InChI=1S/C15H20N4O2S/c1-10-12-9-13(22-15(12)17(3)16-10)14(21)19-6-4-5-18(7-8-19)11(2)20/h9H,4-8H2,1-3H3. The zero-order chi connectivity index (χ0) is 15.9. The number of carbonyl (C=O) groups excluding carboxylic acids is 2. The van der Waals surface area contributed by atoms with E-state index in [1.54, 1.807) is 6.92 Å². The van der Waals surface area contributed by atoms with Crippen LogP contribution in [0.15, 0.2) is 6.07 Å². The Labute approximate surface area is 133 Å². The highest BCUT2D eigenvalue weighted by atomic mass is 32.1. The topological polar surface area (TPSA) is 58.4 Å². The van der Waals surface area contributed by atoms with Gasteiger partial charge in [-0.3, -0.25) is 14.3 Å². The lowest BCUT2D eigenvalue weighted by Gasteiger charge is -2.20. The molecule has 0 aromatic carbocycles. The van der Waals surface area contributed by atoms with E-state index in [2.05, 4.69) is 5.10 Å². The first-order valence-electron chi connectivity index (χ1n) is 7.45. The average Bonchev–Trinajstić information content (AvgIpc) is 2.90. The minimum Gasteiger partial charge on any atom is -0.341 e. The Kier molecular flexibility index (Phi) is 3.90. The Morgan fingerprint density at radius 1 is 1.18 bits per heavy atom. The lowest BCUT2D eigenvalue weighted by molar-refractivity contribution is -0.128. The molecule has 0 aliphatic carbocycles. The third-order valence-electron chi connectivity index (χ3n) is 4.14. The van der Waals surface area contributed by atoms with Crippen LogP contribution in [-0.4, -0.2) is 57.6 Å². The number of hydrogen-bond acceptors (Lipinski definition) is 4. The van der Waals surface area contributed by atoms with Gasteiger partial charge in [-0.2, -0.15) is 5.10 Å². The van der Waals surface area contributed by atoms with E-state index >= 15 is 0 Å². The molecule has 1 aliphatic rings. The van der Waals surface area contributed by atoms with Crippen molar-refractivity contribution in [2.75, 3.05) is 26.2 Å². The molecule has 7 heteroatoms. The third kappa shape index (κ3) is 2.61. The summed E-state index contributed by atoms with van der Waals surface area (Å²) < 4.78 is 1.83. The molecule has 2 aromatic heterocycles. The molecule has 2 amide bonds. The SMILES string of the molecule is CC(=O)N1CCCN(C(=O)c2cc3c(C)nn(C)c3s2)CC1.